The van der Waals surface area contributed by atoms with Gasteiger partial charge in [0.15, 0.2) is 0 Å². The summed E-state index contributed by atoms with van der Waals surface area (Å²) < 4.78 is 25.0. The van der Waals surface area contributed by atoms with E-state index in [-0.39, 0.29) is 6.42 Å². The molecule has 0 amide bonds. The number of hydrogen-bond donors (Lipinski definition) is 4. The summed E-state index contributed by atoms with van der Waals surface area (Å²) in [7, 11) is -9.36. The Hall–Kier alpha value is -0.0000000000000000416. The molecule has 0 fully saturated rings. The molecule has 90 valence electrons. The third kappa shape index (κ3) is 7.88. The summed E-state index contributed by atoms with van der Waals surface area (Å²) >= 11 is 0. The molecule has 4 N–H and O–H groups in total. The van der Waals surface area contributed by atoms with Crippen molar-refractivity contribution in [3.8, 4) is 0 Å². The van der Waals surface area contributed by atoms with Gasteiger partial charge in [-0.2, -0.15) is 0 Å². The van der Waals surface area contributed by atoms with Gasteiger partial charge in [-0.25, -0.2) is 8.88 Å². The van der Waals surface area contributed by atoms with Crippen LogP contribution in [0.15, 0.2) is 12.2 Å². The van der Waals surface area contributed by atoms with Crippen molar-refractivity contribution in [2.24, 2.45) is 0 Å². The van der Waals surface area contributed by atoms with Crippen LogP contribution in [0.2, 0.25) is 0 Å². The summed E-state index contributed by atoms with van der Waals surface area (Å²) in [6, 6.07) is 0. The average Bonchev–Trinajstić information content (AvgIpc) is 1.95. The van der Waals surface area contributed by atoms with Crippen LogP contribution < -0.4 is 0 Å². The third-order valence-electron chi connectivity index (χ3n) is 1.49. The molecule has 9 heteroatoms. The van der Waals surface area contributed by atoms with Crippen molar-refractivity contribution >= 4 is 15.4 Å². The highest BCUT2D eigenvalue weighted by Gasteiger charge is 2.30. The molecule has 15 heavy (non-hydrogen) atoms. The summed E-state index contributed by atoms with van der Waals surface area (Å²) in [4.78, 5) is 25.6. The Morgan fingerprint density at radius 3 is 2.20 bits per heavy atom. The molecule has 0 spiro atoms. The molecule has 0 aliphatic rings. The van der Waals surface area contributed by atoms with Gasteiger partial charge < -0.3 is 19.8 Å². The van der Waals surface area contributed by atoms with Gasteiger partial charge in [0.05, 0.1) is 12.3 Å². The van der Waals surface area contributed by atoms with Crippen LogP contribution in [0.5, 0.6) is 0 Å². The summed E-state index contributed by atoms with van der Waals surface area (Å²) in [5.41, 5.74) is 0.395. The predicted octanol–water partition coefficient (Wildman–Crippen LogP) is 0.608. The first-order valence-corrected chi connectivity index (χ1v) is 7.25. The number of aliphatic hydroxyl groups is 1. The predicted molar refractivity (Wildman–Crippen MR) is 53.3 cm³/mol. The SMILES string of the molecule is C=C(C)C(O)CCP(=O)(O)OP(=O)(O)O. The molecule has 7 nitrogen and oxygen atoms in total. The quantitative estimate of drug-likeness (QED) is 0.407. The fourth-order valence-corrected chi connectivity index (χ4v) is 2.97. The van der Waals surface area contributed by atoms with Crippen LogP contribution in [0.25, 0.3) is 0 Å². The standard InChI is InChI=1S/C6H14O7P2/c1-5(2)6(7)3-4-14(8,9)13-15(10,11)12/h6-7H,1,3-4H2,2H3,(H,8,9)(H2,10,11,12). The maximum absolute atomic E-state index is 11.1. The van der Waals surface area contributed by atoms with E-state index < -0.39 is 27.7 Å². The van der Waals surface area contributed by atoms with Crippen LogP contribution >= 0.6 is 15.4 Å². The van der Waals surface area contributed by atoms with Gasteiger partial charge in [-0.3, -0.25) is 4.57 Å². The van der Waals surface area contributed by atoms with Gasteiger partial charge in [0.25, 0.3) is 0 Å². The molecular weight excluding hydrogens is 246 g/mol. The van der Waals surface area contributed by atoms with Crippen molar-refractivity contribution in [1.82, 2.24) is 0 Å². The first-order chi connectivity index (χ1) is 6.53. The van der Waals surface area contributed by atoms with Crippen LogP contribution in [-0.2, 0) is 13.4 Å². The van der Waals surface area contributed by atoms with Gasteiger partial charge in [-0.1, -0.05) is 12.2 Å². The van der Waals surface area contributed by atoms with E-state index in [1.807, 2.05) is 0 Å². The van der Waals surface area contributed by atoms with Gasteiger partial charge in [0, 0.05) is 0 Å². The van der Waals surface area contributed by atoms with Crippen LogP contribution in [0.1, 0.15) is 13.3 Å². The molecule has 2 atom stereocenters. The molecule has 0 aromatic heterocycles. The van der Waals surface area contributed by atoms with Gasteiger partial charge in [-0.05, 0) is 13.3 Å². The Morgan fingerprint density at radius 1 is 1.40 bits per heavy atom. The number of aliphatic hydroxyl groups excluding tert-OH is 1. The Kier molecular flexibility index (Phi) is 5.37. The second-order valence-electron chi connectivity index (χ2n) is 3.08. The molecular formula is C6H14O7P2. The van der Waals surface area contributed by atoms with Crippen molar-refractivity contribution in [2.45, 2.75) is 19.4 Å². The second-order valence-corrected chi connectivity index (χ2v) is 6.44. The molecule has 0 rings (SSSR count). The van der Waals surface area contributed by atoms with Crippen molar-refractivity contribution in [3.05, 3.63) is 12.2 Å². The molecule has 0 aromatic rings. The normalized spacial score (nSPS) is 18.2. The zero-order chi connectivity index (χ0) is 12.3. The van der Waals surface area contributed by atoms with Crippen LogP contribution in [0.4, 0.5) is 0 Å². The lowest BCUT2D eigenvalue weighted by Gasteiger charge is -2.14. The molecule has 0 aliphatic heterocycles. The summed E-state index contributed by atoms with van der Waals surface area (Å²) in [6.07, 6.45) is -1.69. The lowest BCUT2D eigenvalue weighted by molar-refractivity contribution is 0.203. The van der Waals surface area contributed by atoms with Crippen LogP contribution in [0, 0.1) is 0 Å². The molecule has 2 unspecified atom stereocenters. The van der Waals surface area contributed by atoms with E-state index in [2.05, 4.69) is 10.9 Å². The topological polar surface area (TPSA) is 124 Å². The van der Waals surface area contributed by atoms with E-state index in [1.165, 1.54) is 6.92 Å². The summed E-state index contributed by atoms with van der Waals surface area (Å²) in [6.45, 7) is 4.94. The minimum Gasteiger partial charge on any atom is -0.389 e. The van der Waals surface area contributed by atoms with Crippen molar-refractivity contribution in [3.63, 3.8) is 0 Å². The maximum Gasteiger partial charge on any atom is 0.476 e. The third-order valence-corrected chi connectivity index (χ3v) is 4.18. The van der Waals surface area contributed by atoms with Crippen molar-refractivity contribution in [2.75, 3.05) is 6.16 Å². The van der Waals surface area contributed by atoms with Gasteiger partial charge in [-0.15, -0.1) is 0 Å². The first kappa shape index (κ1) is 15.0. The van der Waals surface area contributed by atoms with E-state index in [4.69, 9.17) is 14.7 Å². The molecule has 0 heterocycles. The molecule has 0 saturated carbocycles. The molecule has 0 radical (unpaired) electrons. The monoisotopic (exact) mass is 260 g/mol. The maximum atomic E-state index is 11.1. The van der Waals surface area contributed by atoms with Crippen LogP contribution in [0.3, 0.4) is 0 Å². The fraction of sp³-hybridized carbons (Fsp3) is 0.667. The summed E-state index contributed by atoms with van der Waals surface area (Å²) in [5.74, 6) is 0. The Morgan fingerprint density at radius 2 is 1.87 bits per heavy atom. The zero-order valence-corrected chi connectivity index (χ0v) is 9.90. The van der Waals surface area contributed by atoms with Gasteiger partial charge in [0.1, 0.15) is 0 Å². The molecule has 0 aromatic carbocycles. The number of hydrogen-bond acceptors (Lipinski definition) is 4. The van der Waals surface area contributed by atoms with E-state index in [1.54, 1.807) is 0 Å². The average molecular weight is 260 g/mol. The van der Waals surface area contributed by atoms with E-state index in [0.29, 0.717) is 5.57 Å². The lowest BCUT2D eigenvalue weighted by atomic mass is 10.1. The van der Waals surface area contributed by atoms with E-state index in [0.717, 1.165) is 0 Å². The molecule has 0 saturated heterocycles. The Bertz CT molecular complexity index is 319. The lowest BCUT2D eigenvalue weighted by Crippen LogP contribution is -2.10. The van der Waals surface area contributed by atoms with Crippen molar-refractivity contribution in [1.29, 1.82) is 0 Å². The van der Waals surface area contributed by atoms with Gasteiger partial charge >= 0.3 is 15.4 Å². The Labute approximate surface area is 87.2 Å². The second kappa shape index (κ2) is 5.37. The highest BCUT2D eigenvalue weighted by Crippen LogP contribution is 2.57. The van der Waals surface area contributed by atoms with E-state index in [9.17, 15) is 14.2 Å². The minimum atomic E-state index is -4.99. The highest BCUT2D eigenvalue weighted by atomic mass is 31.3. The van der Waals surface area contributed by atoms with E-state index >= 15 is 0 Å². The zero-order valence-electron chi connectivity index (χ0n) is 8.11. The Balaban J connectivity index is 4.23. The number of rotatable bonds is 6. The molecule has 0 bridgehead atoms. The summed E-state index contributed by atoms with van der Waals surface area (Å²) in [5, 5.41) is 9.21. The molecule has 0 aliphatic carbocycles. The number of phosphoric acid groups is 1. The largest absolute Gasteiger partial charge is 0.476 e. The first-order valence-electron chi connectivity index (χ1n) is 3.96. The fourth-order valence-electron chi connectivity index (χ4n) is 0.739. The van der Waals surface area contributed by atoms with Gasteiger partial charge in [0.2, 0.25) is 0 Å². The highest BCUT2D eigenvalue weighted by molar-refractivity contribution is 7.63. The smallest absolute Gasteiger partial charge is 0.389 e. The minimum absolute atomic E-state index is 0.150. The van der Waals surface area contributed by atoms with Crippen LogP contribution in [-0.4, -0.2) is 32.1 Å². The van der Waals surface area contributed by atoms with Crippen molar-refractivity contribution < 1.29 is 33.2 Å².